The summed E-state index contributed by atoms with van der Waals surface area (Å²) in [5, 5.41) is 14.5. The summed E-state index contributed by atoms with van der Waals surface area (Å²) in [6.07, 6.45) is 0. The molecule has 0 fully saturated rings. The summed E-state index contributed by atoms with van der Waals surface area (Å²) in [7, 11) is 1.59. The van der Waals surface area contributed by atoms with Gasteiger partial charge in [0.25, 0.3) is 5.91 Å². The highest BCUT2D eigenvalue weighted by molar-refractivity contribution is 5.96. The second-order valence-electron chi connectivity index (χ2n) is 4.54. The maximum atomic E-state index is 11.6. The van der Waals surface area contributed by atoms with E-state index in [4.69, 9.17) is 11.0 Å². The van der Waals surface area contributed by atoms with Crippen LogP contribution in [0.5, 0.6) is 0 Å². The Balaban J connectivity index is 2.11. The predicted octanol–water partition coefficient (Wildman–Crippen LogP) is 2.11. The number of amides is 1. The second kappa shape index (κ2) is 6.44. The number of nitriles is 1. The molecule has 5 nitrogen and oxygen atoms in total. The van der Waals surface area contributed by atoms with Crippen molar-refractivity contribution in [1.82, 2.24) is 5.32 Å². The van der Waals surface area contributed by atoms with Crippen LogP contribution in [0.3, 0.4) is 0 Å². The Labute approximate surface area is 123 Å². The molecule has 0 aliphatic carbocycles. The highest BCUT2D eigenvalue weighted by Crippen LogP contribution is 2.21. The van der Waals surface area contributed by atoms with E-state index >= 15 is 0 Å². The van der Waals surface area contributed by atoms with Crippen LogP contribution >= 0.6 is 0 Å². The minimum absolute atomic E-state index is 0.156. The van der Waals surface area contributed by atoms with Crippen LogP contribution in [-0.2, 0) is 6.54 Å². The summed E-state index contributed by atoms with van der Waals surface area (Å²) in [4.78, 5) is 11.6. The number of hydrogen-bond donors (Lipinski definition) is 3. The Morgan fingerprint density at radius 3 is 2.57 bits per heavy atom. The minimum Gasteiger partial charge on any atom is -0.397 e. The summed E-state index contributed by atoms with van der Waals surface area (Å²) in [6.45, 7) is 0.563. The zero-order valence-corrected chi connectivity index (χ0v) is 11.7. The van der Waals surface area contributed by atoms with Crippen LogP contribution in [0.2, 0.25) is 0 Å². The molecule has 4 N–H and O–H groups in total. The maximum absolute atomic E-state index is 11.6. The molecule has 5 heteroatoms. The molecule has 0 heterocycles. The molecular formula is C16H16N4O. The minimum atomic E-state index is -0.156. The molecule has 0 bridgehead atoms. The van der Waals surface area contributed by atoms with E-state index in [1.165, 1.54) is 0 Å². The topological polar surface area (TPSA) is 90.9 Å². The van der Waals surface area contributed by atoms with E-state index in [1.807, 2.05) is 12.1 Å². The predicted molar refractivity (Wildman–Crippen MR) is 82.7 cm³/mol. The molecule has 0 radical (unpaired) electrons. The third-order valence-electron chi connectivity index (χ3n) is 3.11. The zero-order chi connectivity index (χ0) is 15.2. The number of nitrogens with two attached hydrogens (primary N) is 1. The van der Waals surface area contributed by atoms with E-state index < -0.39 is 0 Å². The number of benzene rings is 2. The lowest BCUT2D eigenvalue weighted by atomic mass is 10.1. The van der Waals surface area contributed by atoms with Crippen molar-refractivity contribution in [1.29, 1.82) is 5.26 Å². The summed E-state index contributed by atoms with van der Waals surface area (Å²) in [5.41, 5.74) is 9.39. The van der Waals surface area contributed by atoms with Crippen molar-refractivity contribution in [3.63, 3.8) is 0 Å². The van der Waals surface area contributed by atoms with Crippen molar-refractivity contribution < 1.29 is 4.79 Å². The summed E-state index contributed by atoms with van der Waals surface area (Å²) < 4.78 is 0. The Morgan fingerprint density at radius 2 is 1.95 bits per heavy atom. The molecule has 2 rings (SSSR count). The fourth-order valence-corrected chi connectivity index (χ4v) is 1.89. The molecule has 0 saturated carbocycles. The Kier molecular flexibility index (Phi) is 4.42. The van der Waals surface area contributed by atoms with E-state index in [9.17, 15) is 4.79 Å². The van der Waals surface area contributed by atoms with Gasteiger partial charge in [-0.05, 0) is 35.9 Å². The Morgan fingerprint density at radius 1 is 1.24 bits per heavy atom. The van der Waals surface area contributed by atoms with E-state index in [2.05, 4.69) is 16.7 Å². The molecular weight excluding hydrogens is 264 g/mol. The smallest absolute Gasteiger partial charge is 0.251 e. The molecule has 1 amide bonds. The summed E-state index contributed by atoms with van der Waals surface area (Å²) in [6, 6.07) is 14.5. The summed E-state index contributed by atoms with van der Waals surface area (Å²) >= 11 is 0. The number of carbonyl (C=O) groups excluding carboxylic acids is 1. The number of nitrogen functional groups attached to an aromatic ring is 1. The van der Waals surface area contributed by atoms with Gasteiger partial charge in [-0.25, -0.2) is 0 Å². The molecule has 0 saturated heterocycles. The van der Waals surface area contributed by atoms with Gasteiger partial charge in [-0.2, -0.15) is 5.26 Å². The standard InChI is InChI=1S/C16H16N4O/c1-19-16(21)13-6-7-14(18)15(8-13)20-10-12-4-2-11(9-17)3-5-12/h2-8,20H,10,18H2,1H3,(H,19,21). The van der Waals surface area contributed by atoms with E-state index in [0.717, 1.165) is 5.56 Å². The number of nitrogens with zero attached hydrogens (tertiary/aromatic N) is 1. The van der Waals surface area contributed by atoms with Crippen molar-refractivity contribution in [3.05, 3.63) is 59.2 Å². The van der Waals surface area contributed by atoms with Gasteiger partial charge in [0.2, 0.25) is 0 Å². The van der Waals surface area contributed by atoms with E-state index in [-0.39, 0.29) is 5.91 Å². The van der Waals surface area contributed by atoms with E-state index in [1.54, 1.807) is 37.4 Å². The molecule has 21 heavy (non-hydrogen) atoms. The van der Waals surface area contributed by atoms with Crippen molar-refractivity contribution in [2.45, 2.75) is 6.54 Å². The van der Waals surface area contributed by atoms with Crippen molar-refractivity contribution >= 4 is 17.3 Å². The number of nitrogens with one attached hydrogen (secondary N) is 2. The molecule has 2 aromatic carbocycles. The first-order valence-electron chi connectivity index (χ1n) is 6.48. The highest BCUT2D eigenvalue weighted by Gasteiger charge is 2.06. The largest absolute Gasteiger partial charge is 0.397 e. The third-order valence-corrected chi connectivity index (χ3v) is 3.11. The Hall–Kier alpha value is -3.00. The average Bonchev–Trinajstić information content (AvgIpc) is 2.53. The number of carbonyl (C=O) groups is 1. The SMILES string of the molecule is CNC(=O)c1ccc(N)c(NCc2ccc(C#N)cc2)c1. The second-order valence-corrected chi connectivity index (χ2v) is 4.54. The maximum Gasteiger partial charge on any atom is 0.251 e. The molecule has 0 aromatic heterocycles. The normalized spacial score (nSPS) is 9.71. The van der Waals surface area contributed by atoms with Crippen molar-refractivity contribution in [3.8, 4) is 6.07 Å². The van der Waals surface area contributed by atoms with Crippen LogP contribution in [0.4, 0.5) is 11.4 Å². The van der Waals surface area contributed by atoms with Gasteiger partial charge in [0, 0.05) is 19.2 Å². The first kappa shape index (κ1) is 14.4. The lowest BCUT2D eigenvalue weighted by molar-refractivity contribution is 0.0963. The van der Waals surface area contributed by atoms with E-state index in [0.29, 0.717) is 29.0 Å². The fraction of sp³-hybridized carbons (Fsp3) is 0.125. The van der Waals surface area contributed by atoms with Gasteiger partial charge in [-0.1, -0.05) is 12.1 Å². The van der Waals surface area contributed by atoms with Crippen LogP contribution in [0.1, 0.15) is 21.5 Å². The highest BCUT2D eigenvalue weighted by atomic mass is 16.1. The van der Waals surface area contributed by atoms with Gasteiger partial charge >= 0.3 is 0 Å². The first-order chi connectivity index (χ1) is 10.1. The van der Waals surface area contributed by atoms with Crippen molar-refractivity contribution in [2.75, 3.05) is 18.1 Å². The quantitative estimate of drug-likeness (QED) is 0.748. The molecule has 0 spiro atoms. The first-order valence-corrected chi connectivity index (χ1v) is 6.48. The van der Waals surface area contributed by atoms with Crippen LogP contribution < -0.4 is 16.4 Å². The molecule has 106 valence electrons. The van der Waals surface area contributed by atoms with Gasteiger partial charge in [0.1, 0.15) is 0 Å². The van der Waals surface area contributed by atoms with Crippen LogP contribution in [0, 0.1) is 11.3 Å². The number of hydrogen-bond acceptors (Lipinski definition) is 4. The van der Waals surface area contributed by atoms with Gasteiger partial charge < -0.3 is 16.4 Å². The zero-order valence-electron chi connectivity index (χ0n) is 11.7. The average molecular weight is 280 g/mol. The number of anilines is 2. The molecule has 0 unspecified atom stereocenters. The Bertz CT molecular complexity index is 686. The monoisotopic (exact) mass is 280 g/mol. The van der Waals surface area contributed by atoms with Crippen molar-refractivity contribution in [2.24, 2.45) is 0 Å². The van der Waals surface area contributed by atoms with Gasteiger partial charge in [-0.15, -0.1) is 0 Å². The number of rotatable bonds is 4. The molecule has 0 aliphatic rings. The molecule has 0 aliphatic heterocycles. The van der Waals surface area contributed by atoms with Gasteiger partial charge in [-0.3, -0.25) is 4.79 Å². The van der Waals surface area contributed by atoms with Crippen LogP contribution in [0.15, 0.2) is 42.5 Å². The van der Waals surface area contributed by atoms with Gasteiger partial charge in [0.15, 0.2) is 0 Å². The molecule has 2 aromatic rings. The lowest BCUT2D eigenvalue weighted by Crippen LogP contribution is -2.18. The lowest BCUT2D eigenvalue weighted by Gasteiger charge is -2.11. The summed E-state index contributed by atoms with van der Waals surface area (Å²) in [5.74, 6) is -0.156. The van der Waals surface area contributed by atoms with Crippen LogP contribution in [-0.4, -0.2) is 13.0 Å². The fourth-order valence-electron chi connectivity index (χ4n) is 1.89. The third kappa shape index (κ3) is 3.51. The van der Waals surface area contributed by atoms with Gasteiger partial charge in [0.05, 0.1) is 23.0 Å². The van der Waals surface area contributed by atoms with Crippen LogP contribution in [0.25, 0.3) is 0 Å². The molecule has 0 atom stereocenters.